The lowest BCUT2D eigenvalue weighted by molar-refractivity contribution is 0.0950. The molecule has 1 saturated heterocycles. The van der Waals surface area contributed by atoms with Gasteiger partial charge in [0.05, 0.1) is 25.9 Å². The Hall–Kier alpha value is -2.31. The fourth-order valence-corrected chi connectivity index (χ4v) is 2.74. The Labute approximate surface area is 151 Å². The Morgan fingerprint density at radius 3 is 3.00 bits per heavy atom. The zero-order chi connectivity index (χ0) is 17.6. The molecular formula is C18H19ClN2O4. The molecule has 1 aromatic carbocycles. The van der Waals surface area contributed by atoms with Gasteiger partial charge >= 0.3 is 0 Å². The first-order valence-corrected chi connectivity index (χ1v) is 8.35. The van der Waals surface area contributed by atoms with Gasteiger partial charge in [0.25, 0.3) is 5.91 Å². The van der Waals surface area contributed by atoms with Crippen LogP contribution >= 0.6 is 11.6 Å². The zero-order valence-electron chi connectivity index (χ0n) is 13.8. The van der Waals surface area contributed by atoms with E-state index in [2.05, 4.69) is 10.3 Å². The first-order valence-electron chi connectivity index (χ1n) is 7.97. The first kappa shape index (κ1) is 17.5. The number of amides is 1. The maximum absolute atomic E-state index is 12.3. The van der Waals surface area contributed by atoms with E-state index in [1.54, 1.807) is 13.2 Å². The molecule has 1 atom stereocenters. The second kappa shape index (κ2) is 8.18. The average molecular weight is 363 g/mol. The summed E-state index contributed by atoms with van der Waals surface area (Å²) < 4.78 is 16.2. The Bertz CT molecular complexity index is 748. The minimum absolute atomic E-state index is 0.0461. The molecule has 132 valence electrons. The predicted molar refractivity (Wildman–Crippen MR) is 93.3 cm³/mol. The number of hydrogen-bond acceptors (Lipinski definition) is 5. The van der Waals surface area contributed by atoms with Crippen molar-refractivity contribution in [1.29, 1.82) is 0 Å². The van der Waals surface area contributed by atoms with Crippen molar-refractivity contribution >= 4 is 17.5 Å². The number of nitrogens with one attached hydrogen (secondary N) is 1. The molecule has 7 heteroatoms. The van der Waals surface area contributed by atoms with Crippen molar-refractivity contribution in [3.63, 3.8) is 0 Å². The highest BCUT2D eigenvalue weighted by Gasteiger charge is 2.20. The standard InChI is InChI=1S/C18H19ClN2O4/c1-23-16-5-3-2-4-12(16)9-20-17(22)13-8-15(19)18(21-10-13)25-14-6-7-24-11-14/h2-5,8,10,14H,6-7,9,11H2,1H3,(H,20,22). The van der Waals surface area contributed by atoms with Crippen LogP contribution in [0.25, 0.3) is 0 Å². The van der Waals surface area contributed by atoms with Crippen LogP contribution in [0.1, 0.15) is 22.3 Å². The molecule has 0 bridgehead atoms. The van der Waals surface area contributed by atoms with Gasteiger partial charge in [0.1, 0.15) is 16.9 Å². The number of methoxy groups -OCH3 is 1. The van der Waals surface area contributed by atoms with E-state index in [9.17, 15) is 4.79 Å². The number of carbonyl (C=O) groups excluding carboxylic acids is 1. The van der Waals surface area contributed by atoms with Gasteiger partial charge in [-0.3, -0.25) is 4.79 Å². The maximum Gasteiger partial charge on any atom is 0.253 e. The van der Waals surface area contributed by atoms with E-state index in [0.29, 0.717) is 36.2 Å². The monoisotopic (exact) mass is 362 g/mol. The largest absolute Gasteiger partial charge is 0.496 e. The van der Waals surface area contributed by atoms with Gasteiger partial charge in [-0.2, -0.15) is 0 Å². The highest BCUT2D eigenvalue weighted by molar-refractivity contribution is 6.32. The molecule has 1 aliphatic heterocycles. The summed E-state index contributed by atoms with van der Waals surface area (Å²) in [6, 6.07) is 9.06. The van der Waals surface area contributed by atoms with Crippen molar-refractivity contribution in [2.45, 2.75) is 19.1 Å². The predicted octanol–water partition coefficient (Wildman–Crippen LogP) is 2.84. The van der Waals surface area contributed by atoms with E-state index in [1.165, 1.54) is 6.20 Å². The summed E-state index contributed by atoms with van der Waals surface area (Å²) in [6.07, 6.45) is 2.21. The van der Waals surface area contributed by atoms with Crippen molar-refractivity contribution < 1.29 is 19.0 Å². The van der Waals surface area contributed by atoms with Gasteiger partial charge in [-0.1, -0.05) is 29.8 Å². The van der Waals surface area contributed by atoms with Gasteiger partial charge in [0, 0.05) is 24.7 Å². The molecule has 1 amide bonds. The number of halogens is 1. The number of pyridine rings is 1. The minimum atomic E-state index is -0.268. The quantitative estimate of drug-likeness (QED) is 0.855. The van der Waals surface area contributed by atoms with E-state index in [-0.39, 0.29) is 12.0 Å². The summed E-state index contributed by atoms with van der Waals surface area (Å²) in [5.74, 6) is 0.774. The lowest BCUT2D eigenvalue weighted by atomic mass is 10.2. The van der Waals surface area contributed by atoms with Crippen molar-refractivity contribution in [3.05, 3.63) is 52.7 Å². The number of carbonyl (C=O) groups is 1. The van der Waals surface area contributed by atoms with Crippen LogP contribution in [0.4, 0.5) is 0 Å². The Morgan fingerprint density at radius 1 is 1.44 bits per heavy atom. The van der Waals surface area contributed by atoms with Crippen LogP contribution in [-0.2, 0) is 11.3 Å². The molecule has 1 unspecified atom stereocenters. The first-order chi connectivity index (χ1) is 12.2. The van der Waals surface area contributed by atoms with Crippen molar-refractivity contribution in [2.75, 3.05) is 20.3 Å². The third kappa shape index (κ3) is 4.41. The van der Waals surface area contributed by atoms with Crippen molar-refractivity contribution in [1.82, 2.24) is 10.3 Å². The topological polar surface area (TPSA) is 69.7 Å². The second-order valence-corrected chi connectivity index (χ2v) is 6.02. The summed E-state index contributed by atoms with van der Waals surface area (Å²) in [6.45, 7) is 1.54. The Balaban J connectivity index is 1.63. The summed E-state index contributed by atoms with van der Waals surface area (Å²) in [4.78, 5) is 16.5. The number of benzene rings is 1. The van der Waals surface area contributed by atoms with E-state index < -0.39 is 0 Å². The Morgan fingerprint density at radius 2 is 2.28 bits per heavy atom. The van der Waals surface area contributed by atoms with Crippen LogP contribution in [0.5, 0.6) is 11.6 Å². The number of ether oxygens (including phenoxy) is 3. The number of rotatable bonds is 6. The van der Waals surface area contributed by atoms with Crippen LogP contribution in [0.2, 0.25) is 5.02 Å². The summed E-state index contributed by atoms with van der Waals surface area (Å²) in [7, 11) is 1.60. The smallest absolute Gasteiger partial charge is 0.253 e. The number of aromatic nitrogens is 1. The fraction of sp³-hybridized carbons (Fsp3) is 0.333. The highest BCUT2D eigenvalue weighted by Crippen LogP contribution is 2.25. The summed E-state index contributed by atoms with van der Waals surface area (Å²) in [5.41, 5.74) is 1.26. The molecule has 3 rings (SSSR count). The number of nitrogens with zero attached hydrogens (tertiary/aromatic N) is 1. The molecule has 2 aromatic rings. The van der Waals surface area contributed by atoms with Crippen LogP contribution in [-0.4, -0.2) is 37.3 Å². The van der Waals surface area contributed by atoms with E-state index >= 15 is 0 Å². The molecule has 1 aliphatic rings. The molecule has 0 aliphatic carbocycles. The second-order valence-electron chi connectivity index (χ2n) is 5.61. The molecule has 0 radical (unpaired) electrons. The summed E-state index contributed by atoms with van der Waals surface area (Å²) >= 11 is 6.19. The zero-order valence-corrected chi connectivity index (χ0v) is 14.6. The van der Waals surface area contributed by atoms with E-state index in [0.717, 1.165) is 17.7 Å². The van der Waals surface area contributed by atoms with Crippen LogP contribution < -0.4 is 14.8 Å². The molecule has 0 spiro atoms. The van der Waals surface area contributed by atoms with Crippen LogP contribution in [0, 0.1) is 0 Å². The van der Waals surface area contributed by atoms with Crippen LogP contribution in [0.3, 0.4) is 0 Å². The molecule has 1 aromatic heterocycles. The molecule has 2 heterocycles. The van der Waals surface area contributed by atoms with Crippen LogP contribution in [0.15, 0.2) is 36.5 Å². The maximum atomic E-state index is 12.3. The molecule has 0 saturated carbocycles. The van der Waals surface area contributed by atoms with Gasteiger partial charge in [0.15, 0.2) is 0 Å². The Kier molecular flexibility index (Phi) is 5.73. The van der Waals surface area contributed by atoms with Crippen molar-refractivity contribution in [3.8, 4) is 11.6 Å². The SMILES string of the molecule is COc1ccccc1CNC(=O)c1cnc(OC2CCOC2)c(Cl)c1. The normalized spacial score (nSPS) is 16.5. The molecule has 1 fully saturated rings. The average Bonchev–Trinajstić information content (AvgIpc) is 3.14. The van der Waals surface area contributed by atoms with Gasteiger partial charge in [-0.25, -0.2) is 4.98 Å². The summed E-state index contributed by atoms with van der Waals surface area (Å²) in [5, 5.41) is 3.13. The van der Waals surface area contributed by atoms with Gasteiger partial charge in [-0.15, -0.1) is 0 Å². The number of para-hydroxylation sites is 1. The third-order valence-corrected chi connectivity index (χ3v) is 4.14. The van der Waals surface area contributed by atoms with E-state index in [4.69, 9.17) is 25.8 Å². The minimum Gasteiger partial charge on any atom is -0.496 e. The highest BCUT2D eigenvalue weighted by atomic mass is 35.5. The molecule has 25 heavy (non-hydrogen) atoms. The molecule has 1 N–H and O–H groups in total. The third-order valence-electron chi connectivity index (χ3n) is 3.87. The molecule has 6 nitrogen and oxygen atoms in total. The lowest BCUT2D eigenvalue weighted by Crippen LogP contribution is -2.23. The van der Waals surface area contributed by atoms with Gasteiger partial charge < -0.3 is 19.5 Å². The van der Waals surface area contributed by atoms with E-state index in [1.807, 2.05) is 24.3 Å². The molecular weight excluding hydrogens is 344 g/mol. The van der Waals surface area contributed by atoms with Crippen molar-refractivity contribution in [2.24, 2.45) is 0 Å². The fourth-order valence-electron chi connectivity index (χ4n) is 2.53. The number of hydrogen-bond donors (Lipinski definition) is 1. The lowest BCUT2D eigenvalue weighted by Gasteiger charge is -2.13. The van der Waals surface area contributed by atoms with Gasteiger partial charge in [-0.05, 0) is 12.1 Å². The van der Waals surface area contributed by atoms with Gasteiger partial charge in [0.2, 0.25) is 5.88 Å².